The van der Waals surface area contributed by atoms with Gasteiger partial charge in [-0.3, -0.25) is 4.79 Å². The Hall–Kier alpha value is -3.16. The highest BCUT2D eigenvalue weighted by atomic mass is 19.4. The van der Waals surface area contributed by atoms with E-state index in [1.165, 1.54) is 30.3 Å². The molecule has 0 spiro atoms. The lowest BCUT2D eigenvalue weighted by atomic mass is 10.1. The summed E-state index contributed by atoms with van der Waals surface area (Å²) in [6.07, 6.45) is -4.55. The number of aromatic amines is 1. The number of carbonyl (C=O) groups is 1. The summed E-state index contributed by atoms with van der Waals surface area (Å²) in [6.45, 7) is -0.566. The Morgan fingerprint density at radius 2 is 1.68 bits per heavy atom. The van der Waals surface area contributed by atoms with Gasteiger partial charge in [0.2, 0.25) is 0 Å². The fraction of sp³-hybridized carbons (Fsp3) is 0.118. The maximum Gasteiger partial charge on any atom is 0.416 e. The van der Waals surface area contributed by atoms with Gasteiger partial charge in [0.05, 0.1) is 10.9 Å². The number of benzene rings is 2. The van der Waals surface area contributed by atoms with E-state index in [1.807, 2.05) is 0 Å². The fourth-order valence-electron chi connectivity index (χ4n) is 2.40. The first-order chi connectivity index (χ1) is 11.9. The zero-order valence-electron chi connectivity index (χ0n) is 12.6. The highest BCUT2D eigenvalue weighted by Crippen LogP contribution is 2.32. The highest BCUT2D eigenvalue weighted by molar-refractivity contribution is 6.01. The molecule has 2 aromatic carbocycles. The van der Waals surface area contributed by atoms with Crippen LogP contribution in [0.4, 0.5) is 13.2 Å². The molecular formula is C17H11F3N2O3. The number of ether oxygens (including phenoxy) is 1. The number of esters is 1. The van der Waals surface area contributed by atoms with Crippen LogP contribution < -0.4 is 5.56 Å². The molecule has 25 heavy (non-hydrogen) atoms. The molecule has 0 bridgehead atoms. The van der Waals surface area contributed by atoms with Gasteiger partial charge in [0, 0.05) is 10.9 Å². The Kier molecular flexibility index (Phi) is 4.26. The second kappa shape index (κ2) is 6.39. The van der Waals surface area contributed by atoms with E-state index >= 15 is 0 Å². The quantitative estimate of drug-likeness (QED) is 0.737. The monoisotopic (exact) mass is 348 g/mol. The van der Waals surface area contributed by atoms with Crippen molar-refractivity contribution >= 4 is 16.7 Å². The summed E-state index contributed by atoms with van der Waals surface area (Å²) in [7, 11) is 0. The van der Waals surface area contributed by atoms with Gasteiger partial charge < -0.3 is 4.74 Å². The summed E-state index contributed by atoms with van der Waals surface area (Å²) in [5.41, 5.74) is -1.69. The molecule has 0 aliphatic rings. The summed E-state index contributed by atoms with van der Waals surface area (Å²) in [6, 6.07) is 11.1. The molecule has 8 heteroatoms. The largest absolute Gasteiger partial charge is 0.456 e. The van der Waals surface area contributed by atoms with E-state index in [-0.39, 0.29) is 22.0 Å². The summed E-state index contributed by atoms with van der Waals surface area (Å²) >= 11 is 0. The molecule has 0 aliphatic carbocycles. The lowest BCUT2D eigenvalue weighted by Gasteiger charge is -2.13. The zero-order chi connectivity index (χ0) is 18.0. The number of hydrogen-bond donors (Lipinski definition) is 1. The molecule has 3 aromatic rings. The third kappa shape index (κ3) is 3.37. The molecule has 0 atom stereocenters. The van der Waals surface area contributed by atoms with Crippen LogP contribution in [0.3, 0.4) is 0 Å². The van der Waals surface area contributed by atoms with E-state index in [0.717, 1.165) is 6.07 Å². The Labute approximate surface area is 139 Å². The van der Waals surface area contributed by atoms with Crippen LogP contribution >= 0.6 is 0 Å². The van der Waals surface area contributed by atoms with Crippen molar-refractivity contribution in [2.75, 3.05) is 0 Å². The second-order valence-electron chi connectivity index (χ2n) is 5.18. The summed E-state index contributed by atoms with van der Waals surface area (Å²) < 4.78 is 43.8. The van der Waals surface area contributed by atoms with Crippen molar-refractivity contribution in [3.63, 3.8) is 0 Å². The number of H-pyrrole nitrogens is 1. The predicted molar refractivity (Wildman–Crippen MR) is 82.9 cm³/mol. The van der Waals surface area contributed by atoms with Crippen LogP contribution in [0.25, 0.3) is 10.8 Å². The molecular weight excluding hydrogens is 337 g/mol. The molecule has 0 saturated heterocycles. The topological polar surface area (TPSA) is 72.0 Å². The van der Waals surface area contributed by atoms with E-state index in [9.17, 15) is 22.8 Å². The van der Waals surface area contributed by atoms with Crippen molar-refractivity contribution in [2.24, 2.45) is 0 Å². The number of aromatic nitrogens is 2. The average Bonchev–Trinajstić information content (AvgIpc) is 2.60. The van der Waals surface area contributed by atoms with Crippen LogP contribution in [0, 0.1) is 0 Å². The number of carbonyl (C=O) groups excluding carboxylic acids is 1. The van der Waals surface area contributed by atoms with Gasteiger partial charge in [0.25, 0.3) is 5.56 Å². The molecule has 0 fully saturated rings. The van der Waals surface area contributed by atoms with E-state index in [0.29, 0.717) is 0 Å². The SMILES string of the molecule is O=C(OCc1ccccc1C(F)(F)F)c1n[nH]c(=O)c2ccccc12. The van der Waals surface area contributed by atoms with Gasteiger partial charge in [-0.15, -0.1) is 0 Å². The Morgan fingerprint density at radius 3 is 2.40 bits per heavy atom. The maximum absolute atomic E-state index is 13.0. The number of rotatable bonds is 3. The van der Waals surface area contributed by atoms with Gasteiger partial charge in [0.15, 0.2) is 5.69 Å². The second-order valence-corrected chi connectivity index (χ2v) is 5.18. The average molecular weight is 348 g/mol. The first-order valence-corrected chi connectivity index (χ1v) is 7.17. The standard InChI is InChI=1S/C17H11F3N2O3/c18-17(19,20)13-8-4-1-5-10(13)9-25-16(24)14-11-6-2-3-7-12(11)15(23)22-21-14/h1-8H,9H2,(H,22,23). The molecule has 1 N–H and O–H groups in total. The zero-order valence-corrected chi connectivity index (χ0v) is 12.6. The smallest absolute Gasteiger partial charge is 0.416 e. The first kappa shape index (κ1) is 16.7. The van der Waals surface area contributed by atoms with Gasteiger partial charge in [0.1, 0.15) is 6.61 Å². The van der Waals surface area contributed by atoms with Crippen molar-refractivity contribution in [1.29, 1.82) is 0 Å². The fourth-order valence-corrected chi connectivity index (χ4v) is 2.40. The van der Waals surface area contributed by atoms with Crippen LogP contribution in [-0.2, 0) is 17.5 Å². The lowest BCUT2D eigenvalue weighted by Crippen LogP contribution is -2.17. The van der Waals surface area contributed by atoms with Crippen molar-refractivity contribution < 1.29 is 22.7 Å². The van der Waals surface area contributed by atoms with E-state index in [4.69, 9.17) is 4.74 Å². The number of nitrogens with zero attached hydrogens (tertiary/aromatic N) is 1. The minimum Gasteiger partial charge on any atom is -0.456 e. The number of nitrogens with one attached hydrogen (secondary N) is 1. The minimum absolute atomic E-state index is 0.167. The number of halogens is 3. The molecule has 5 nitrogen and oxygen atoms in total. The molecule has 0 unspecified atom stereocenters. The number of alkyl halides is 3. The van der Waals surface area contributed by atoms with E-state index in [1.54, 1.807) is 12.1 Å². The van der Waals surface area contributed by atoms with Gasteiger partial charge in [-0.05, 0) is 12.1 Å². The third-order valence-corrected chi connectivity index (χ3v) is 3.57. The van der Waals surface area contributed by atoms with Crippen LogP contribution in [0.1, 0.15) is 21.6 Å². The lowest BCUT2D eigenvalue weighted by molar-refractivity contribution is -0.138. The van der Waals surface area contributed by atoms with E-state index < -0.39 is 29.9 Å². The summed E-state index contributed by atoms with van der Waals surface area (Å²) in [4.78, 5) is 23.9. The summed E-state index contributed by atoms with van der Waals surface area (Å²) in [5, 5.41) is 6.33. The Balaban J connectivity index is 1.88. The Morgan fingerprint density at radius 1 is 1.04 bits per heavy atom. The third-order valence-electron chi connectivity index (χ3n) is 3.57. The van der Waals surface area contributed by atoms with Gasteiger partial charge in [-0.2, -0.15) is 18.3 Å². The van der Waals surface area contributed by atoms with Crippen LogP contribution in [-0.4, -0.2) is 16.2 Å². The molecule has 1 aromatic heterocycles. The van der Waals surface area contributed by atoms with E-state index in [2.05, 4.69) is 10.2 Å². The molecule has 0 saturated carbocycles. The van der Waals surface area contributed by atoms with Gasteiger partial charge in [-0.25, -0.2) is 9.89 Å². The van der Waals surface area contributed by atoms with Gasteiger partial charge >= 0.3 is 12.1 Å². The molecule has 0 aliphatic heterocycles. The molecule has 1 heterocycles. The highest BCUT2D eigenvalue weighted by Gasteiger charge is 2.33. The first-order valence-electron chi connectivity index (χ1n) is 7.17. The summed E-state index contributed by atoms with van der Waals surface area (Å²) in [5.74, 6) is -0.926. The molecule has 0 radical (unpaired) electrons. The molecule has 3 rings (SSSR count). The maximum atomic E-state index is 13.0. The van der Waals surface area contributed by atoms with Crippen molar-refractivity contribution in [3.8, 4) is 0 Å². The normalized spacial score (nSPS) is 11.5. The van der Waals surface area contributed by atoms with Crippen molar-refractivity contribution in [1.82, 2.24) is 10.2 Å². The van der Waals surface area contributed by atoms with Crippen molar-refractivity contribution in [3.05, 3.63) is 75.7 Å². The number of hydrogen-bond acceptors (Lipinski definition) is 4. The van der Waals surface area contributed by atoms with Crippen LogP contribution in [0.2, 0.25) is 0 Å². The van der Waals surface area contributed by atoms with Gasteiger partial charge in [-0.1, -0.05) is 36.4 Å². The molecule has 0 amide bonds. The minimum atomic E-state index is -4.55. The van der Waals surface area contributed by atoms with Crippen LogP contribution in [0.5, 0.6) is 0 Å². The van der Waals surface area contributed by atoms with Crippen molar-refractivity contribution in [2.45, 2.75) is 12.8 Å². The molecule has 128 valence electrons. The predicted octanol–water partition coefficient (Wildman–Crippen LogP) is 3.30. The number of fused-ring (bicyclic) bond motifs is 1. The van der Waals surface area contributed by atoms with Crippen LogP contribution in [0.15, 0.2) is 53.3 Å². The Bertz CT molecular complexity index is 996.